The first kappa shape index (κ1) is 16.0. The van der Waals surface area contributed by atoms with Gasteiger partial charge in [0.15, 0.2) is 0 Å². The zero-order valence-electron chi connectivity index (χ0n) is 12.5. The van der Waals surface area contributed by atoms with Crippen molar-refractivity contribution in [2.24, 2.45) is 5.41 Å². The monoisotopic (exact) mass is 279 g/mol. The van der Waals surface area contributed by atoms with Crippen LogP contribution in [0.2, 0.25) is 0 Å². The van der Waals surface area contributed by atoms with Crippen molar-refractivity contribution in [2.75, 3.05) is 7.11 Å². The van der Waals surface area contributed by atoms with Crippen molar-refractivity contribution >= 4 is 11.9 Å². The Labute approximate surface area is 118 Å². The molecule has 110 valence electrons. The molecule has 2 N–H and O–H groups in total. The number of carboxylic acids is 1. The number of ether oxygens (including phenoxy) is 1. The maximum Gasteiger partial charge on any atom is 0.311 e. The summed E-state index contributed by atoms with van der Waals surface area (Å²) < 4.78 is 5.14. The summed E-state index contributed by atoms with van der Waals surface area (Å²) in [5.74, 6) is -0.876. The molecule has 1 aromatic carbocycles. The molecule has 0 spiro atoms. The van der Waals surface area contributed by atoms with Crippen LogP contribution in [0.25, 0.3) is 0 Å². The number of carboxylic acid groups (broad SMARTS) is 1. The quantitative estimate of drug-likeness (QED) is 0.867. The molecule has 1 rings (SSSR count). The molecular weight excluding hydrogens is 258 g/mol. The Bertz CT molecular complexity index is 520. The van der Waals surface area contributed by atoms with Crippen LogP contribution in [0.15, 0.2) is 24.3 Å². The molecule has 1 aromatic rings. The number of nitrogens with one attached hydrogen (secondary N) is 1. The minimum Gasteiger partial charge on any atom is -0.496 e. The molecule has 0 aromatic heterocycles. The van der Waals surface area contributed by atoms with E-state index in [9.17, 15) is 14.7 Å². The number of methoxy groups -OCH3 is 1. The molecule has 1 amide bonds. The Morgan fingerprint density at radius 2 is 1.70 bits per heavy atom. The van der Waals surface area contributed by atoms with Gasteiger partial charge in [0.25, 0.3) is 5.91 Å². The van der Waals surface area contributed by atoms with Gasteiger partial charge in [0.2, 0.25) is 0 Å². The van der Waals surface area contributed by atoms with Crippen LogP contribution < -0.4 is 10.1 Å². The predicted molar refractivity (Wildman–Crippen MR) is 76.0 cm³/mol. The van der Waals surface area contributed by atoms with E-state index in [4.69, 9.17) is 4.74 Å². The number of carbonyl (C=O) groups is 2. The molecule has 20 heavy (non-hydrogen) atoms. The second-order valence-corrected chi connectivity index (χ2v) is 5.71. The van der Waals surface area contributed by atoms with Crippen molar-refractivity contribution in [1.82, 2.24) is 5.32 Å². The minimum absolute atomic E-state index is 0.359. The fourth-order valence-electron chi connectivity index (χ4n) is 1.61. The van der Waals surface area contributed by atoms with Gasteiger partial charge in [-0.1, -0.05) is 12.1 Å². The standard InChI is InChI=1S/C15H21NO4/c1-14(2,13(18)19)15(3,4)16-12(17)10-8-6-7-9-11(10)20-5/h6-9H,1-5H3,(H,16,17)(H,18,19). The molecule has 0 bridgehead atoms. The molecule has 0 atom stereocenters. The van der Waals surface area contributed by atoms with E-state index in [0.29, 0.717) is 11.3 Å². The lowest BCUT2D eigenvalue weighted by molar-refractivity contribution is -0.150. The van der Waals surface area contributed by atoms with Crippen molar-refractivity contribution in [3.05, 3.63) is 29.8 Å². The Kier molecular flexibility index (Phi) is 4.43. The van der Waals surface area contributed by atoms with Crippen LogP contribution in [0.3, 0.4) is 0 Å². The highest BCUT2D eigenvalue weighted by Crippen LogP contribution is 2.31. The smallest absolute Gasteiger partial charge is 0.311 e. The lowest BCUT2D eigenvalue weighted by Gasteiger charge is -2.38. The summed E-state index contributed by atoms with van der Waals surface area (Å²) in [6.45, 7) is 6.54. The molecular formula is C15H21NO4. The van der Waals surface area contributed by atoms with Gasteiger partial charge in [0, 0.05) is 0 Å². The average Bonchev–Trinajstić information content (AvgIpc) is 2.37. The Hall–Kier alpha value is -2.04. The minimum atomic E-state index is -1.11. The molecule has 0 fully saturated rings. The van der Waals surface area contributed by atoms with Crippen LogP contribution in [-0.2, 0) is 4.79 Å². The molecule has 5 heteroatoms. The summed E-state index contributed by atoms with van der Waals surface area (Å²) in [5.41, 5.74) is -1.65. The zero-order chi connectivity index (χ0) is 15.6. The third-order valence-corrected chi connectivity index (χ3v) is 3.87. The average molecular weight is 279 g/mol. The summed E-state index contributed by atoms with van der Waals surface area (Å²) in [4.78, 5) is 23.7. The predicted octanol–water partition coefficient (Wildman–Crippen LogP) is 2.31. The highest BCUT2D eigenvalue weighted by molar-refractivity contribution is 5.97. The Morgan fingerprint density at radius 1 is 1.15 bits per heavy atom. The number of hydrogen-bond acceptors (Lipinski definition) is 3. The van der Waals surface area contributed by atoms with Crippen molar-refractivity contribution < 1.29 is 19.4 Å². The SMILES string of the molecule is COc1ccccc1C(=O)NC(C)(C)C(C)(C)C(=O)O. The number of benzene rings is 1. The fourth-order valence-corrected chi connectivity index (χ4v) is 1.61. The molecule has 5 nitrogen and oxygen atoms in total. The van der Waals surface area contributed by atoms with E-state index in [2.05, 4.69) is 5.32 Å². The first-order valence-corrected chi connectivity index (χ1v) is 6.32. The lowest BCUT2D eigenvalue weighted by Crippen LogP contribution is -2.57. The molecule has 0 unspecified atom stereocenters. The van der Waals surface area contributed by atoms with Gasteiger partial charge >= 0.3 is 5.97 Å². The van der Waals surface area contributed by atoms with E-state index in [1.54, 1.807) is 52.0 Å². The fraction of sp³-hybridized carbons (Fsp3) is 0.467. The highest BCUT2D eigenvalue weighted by Gasteiger charge is 2.44. The van der Waals surface area contributed by atoms with Gasteiger partial charge in [0.1, 0.15) is 5.75 Å². The number of hydrogen-bond donors (Lipinski definition) is 2. The number of aliphatic carboxylic acids is 1. The van der Waals surface area contributed by atoms with Crippen molar-refractivity contribution in [2.45, 2.75) is 33.2 Å². The van der Waals surface area contributed by atoms with Gasteiger partial charge in [-0.3, -0.25) is 9.59 Å². The van der Waals surface area contributed by atoms with Crippen LogP contribution in [0.1, 0.15) is 38.1 Å². The summed E-state index contributed by atoms with van der Waals surface area (Å²) >= 11 is 0. The van der Waals surface area contributed by atoms with Crippen molar-refractivity contribution in [1.29, 1.82) is 0 Å². The molecule has 0 saturated carbocycles. The van der Waals surface area contributed by atoms with Gasteiger partial charge in [-0.15, -0.1) is 0 Å². The summed E-state index contributed by atoms with van der Waals surface area (Å²) in [5, 5.41) is 12.1. The number of carbonyl (C=O) groups excluding carboxylic acids is 1. The first-order chi connectivity index (χ1) is 9.13. The second-order valence-electron chi connectivity index (χ2n) is 5.71. The van der Waals surface area contributed by atoms with Crippen molar-refractivity contribution in [3.8, 4) is 5.75 Å². The van der Waals surface area contributed by atoms with Gasteiger partial charge in [-0.25, -0.2) is 0 Å². The van der Waals surface area contributed by atoms with E-state index in [1.807, 2.05) is 0 Å². The Morgan fingerprint density at radius 3 is 2.20 bits per heavy atom. The molecule has 0 aliphatic heterocycles. The van der Waals surface area contributed by atoms with Crippen LogP contribution in [0, 0.1) is 5.41 Å². The normalized spacial score (nSPS) is 11.8. The molecule has 0 aliphatic carbocycles. The molecule has 0 heterocycles. The third kappa shape index (κ3) is 2.92. The summed E-state index contributed by atoms with van der Waals surface area (Å²) in [6.07, 6.45) is 0. The number of amides is 1. The molecule has 0 aliphatic rings. The first-order valence-electron chi connectivity index (χ1n) is 6.32. The Balaban J connectivity index is 3.04. The van der Waals surface area contributed by atoms with Crippen LogP contribution >= 0.6 is 0 Å². The van der Waals surface area contributed by atoms with Gasteiger partial charge in [-0.05, 0) is 39.8 Å². The van der Waals surface area contributed by atoms with Crippen LogP contribution in [0.5, 0.6) is 5.75 Å². The van der Waals surface area contributed by atoms with Crippen LogP contribution in [-0.4, -0.2) is 29.6 Å². The third-order valence-electron chi connectivity index (χ3n) is 3.87. The summed E-state index contributed by atoms with van der Waals surface area (Å²) in [6, 6.07) is 6.82. The number of para-hydroxylation sites is 1. The van der Waals surface area contributed by atoms with Crippen molar-refractivity contribution in [3.63, 3.8) is 0 Å². The number of rotatable bonds is 5. The van der Waals surface area contributed by atoms with E-state index >= 15 is 0 Å². The summed E-state index contributed by atoms with van der Waals surface area (Å²) in [7, 11) is 1.48. The van der Waals surface area contributed by atoms with E-state index in [-0.39, 0.29) is 5.91 Å². The van der Waals surface area contributed by atoms with Gasteiger partial charge in [-0.2, -0.15) is 0 Å². The lowest BCUT2D eigenvalue weighted by atomic mass is 9.74. The zero-order valence-corrected chi connectivity index (χ0v) is 12.5. The second kappa shape index (κ2) is 5.53. The maximum absolute atomic E-state index is 12.3. The van der Waals surface area contributed by atoms with Crippen LogP contribution in [0.4, 0.5) is 0 Å². The molecule has 0 radical (unpaired) electrons. The highest BCUT2D eigenvalue weighted by atomic mass is 16.5. The topological polar surface area (TPSA) is 75.6 Å². The van der Waals surface area contributed by atoms with Gasteiger partial charge in [0.05, 0.1) is 23.6 Å². The molecule has 0 saturated heterocycles. The van der Waals surface area contributed by atoms with E-state index < -0.39 is 16.9 Å². The van der Waals surface area contributed by atoms with E-state index in [0.717, 1.165) is 0 Å². The maximum atomic E-state index is 12.3. The van der Waals surface area contributed by atoms with Gasteiger partial charge < -0.3 is 15.2 Å². The van der Waals surface area contributed by atoms with E-state index in [1.165, 1.54) is 7.11 Å². The largest absolute Gasteiger partial charge is 0.496 e.